The smallest absolute Gasteiger partial charge is 0.352 e. The van der Waals surface area contributed by atoms with Gasteiger partial charge < -0.3 is 34.4 Å². The molecule has 0 radical (unpaired) electrons. The molecule has 0 amide bonds. The van der Waals surface area contributed by atoms with Crippen LogP contribution in [0.25, 0.3) is 0 Å². The number of hydrogen-bond donors (Lipinski definition) is 3. The number of aliphatic hydroxyl groups is 1. The summed E-state index contributed by atoms with van der Waals surface area (Å²) >= 11 is 0. The number of carbonyl (C=O) groups is 3. The third-order valence-corrected chi connectivity index (χ3v) is 7.56. The van der Waals surface area contributed by atoms with Crippen molar-refractivity contribution in [3.63, 3.8) is 0 Å². The lowest BCUT2D eigenvalue weighted by Gasteiger charge is -2.61. The zero-order chi connectivity index (χ0) is 24.4. The first-order valence-corrected chi connectivity index (χ1v) is 11.1. The van der Waals surface area contributed by atoms with Gasteiger partial charge in [-0.2, -0.15) is 0 Å². The molecule has 1 aromatic rings. The third-order valence-electron chi connectivity index (χ3n) is 7.56. The van der Waals surface area contributed by atoms with Gasteiger partial charge in [0.25, 0.3) is 0 Å². The molecule has 3 N–H and O–H groups in total. The van der Waals surface area contributed by atoms with E-state index in [4.69, 9.17) is 19.3 Å². The zero-order valence-electron chi connectivity index (χ0n) is 18.7. The molecule has 0 saturated carbocycles. The molecule has 5 atom stereocenters. The van der Waals surface area contributed by atoms with Gasteiger partial charge in [0, 0.05) is 30.2 Å². The topological polar surface area (TPSA) is 143 Å². The molecule has 34 heavy (non-hydrogen) atoms. The number of hydrogen-bond acceptors (Lipinski definition) is 9. The molecule has 1 spiro atoms. The Morgan fingerprint density at radius 1 is 1.29 bits per heavy atom. The van der Waals surface area contributed by atoms with Crippen LogP contribution in [0.5, 0.6) is 11.5 Å². The van der Waals surface area contributed by atoms with Gasteiger partial charge in [-0.3, -0.25) is 0 Å². The fraction of sp³-hybridized carbons (Fsp3) is 0.458. The van der Waals surface area contributed by atoms with E-state index in [2.05, 4.69) is 4.90 Å². The van der Waals surface area contributed by atoms with E-state index in [1.807, 2.05) is 13.1 Å². The van der Waals surface area contributed by atoms with Crippen LogP contribution >= 0.6 is 0 Å². The molecule has 10 nitrogen and oxygen atoms in total. The van der Waals surface area contributed by atoms with Crippen molar-refractivity contribution in [2.45, 2.75) is 55.5 Å². The molecule has 1 saturated heterocycles. The second-order valence-corrected chi connectivity index (χ2v) is 9.27. The lowest BCUT2D eigenvalue weighted by Crippen LogP contribution is -2.74. The highest BCUT2D eigenvalue weighted by atomic mass is 16.6. The lowest BCUT2D eigenvalue weighted by atomic mass is 9.50. The Bertz CT molecular complexity index is 1160. The number of aromatic hydroxyl groups is 1. The minimum absolute atomic E-state index is 0.0413. The average Bonchev–Trinajstić information content (AvgIpc) is 3.14. The summed E-state index contributed by atoms with van der Waals surface area (Å²) in [7, 11) is 1.97. The number of benzene rings is 1. The van der Waals surface area contributed by atoms with Gasteiger partial charge in [-0.25, -0.2) is 14.4 Å². The Morgan fingerprint density at radius 3 is 2.79 bits per heavy atom. The summed E-state index contributed by atoms with van der Waals surface area (Å²) in [5.41, 5.74) is -0.340. The van der Waals surface area contributed by atoms with Crippen LogP contribution in [0.2, 0.25) is 0 Å². The molecule has 2 bridgehead atoms. The molecule has 2 unspecified atom stereocenters. The number of phenolic OH excluding ortho intramolecular Hbond substituents is 1. The van der Waals surface area contributed by atoms with Crippen LogP contribution < -0.4 is 4.74 Å². The van der Waals surface area contributed by atoms with Crippen LogP contribution in [0.15, 0.2) is 36.1 Å². The summed E-state index contributed by atoms with van der Waals surface area (Å²) in [5.74, 6) is -2.75. The van der Waals surface area contributed by atoms with Crippen molar-refractivity contribution >= 4 is 17.9 Å². The van der Waals surface area contributed by atoms with Crippen LogP contribution in [0.4, 0.5) is 0 Å². The summed E-state index contributed by atoms with van der Waals surface area (Å²) in [6.45, 7) is 2.00. The van der Waals surface area contributed by atoms with Gasteiger partial charge in [0.15, 0.2) is 23.7 Å². The maximum atomic E-state index is 12.7. The fourth-order valence-electron chi connectivity index (χ4n) is 6.04. The number of carboxylic acids is 1. The van der Waals surface area contributed by atoms with E-state index in [9.17, 15) is 24.6 Å². The average molecular weight is 471 g/mol. The Balaban J connectivity index is 1.46. The maximum Gasteiger partial charge on any atom is 0.352 e. The molecule has 10 heteroatoms. The highest BCUT2D eigenvalue weighted by molar-refractivity contribution is 5.92. The molecule has 4 aliphatic rings. The number of rotatable bonds is 5. The molecule has 5 rings (SSSR count). The first-order chi connectivity index (χ1) is 16.1. The van der Waals surface area contributed by atoms with Crippen molar-refractivity contribution in [1.29, 1.82) is 0 Å². The molecule has 1 fully saturated rings. The normalized spacial score (nSPS) is 31.8. The Hall–Kier alpha value is -3.37. The van der Waals surface area contributed by atoms with E-state index in [1.165, 1.54) is 6.92 Å². The Labute approximate surface area is 195 Å². The molecule has 2 heterocycles. The third kappa shape index (κ3) is 2.98. The molecule has 1 aromatic carbocycles. The van der Waals surface area contributed by atoms with Gasteiger partial charge in [0.2, 0.25) is 0 Å². The number of esters is 2. The van der Waals surface area contributed by atoms with Gasteiger partial charge >= 0.3 is 17.9 Å². The monoisotopic (exact) mass is 471 g/mol. The van der Waals surface area contributed by atoms with Crippen LogP contribution in [-0.4, -0.2) is 75.6 Å². The summed E-state index contributed by atoms with van der Waals surface area (Å²) < 4.78 is 16.7. The summed E-state index contributed by atoms with van der Waals surface area (Å²) in [5, 5.41) is 31.2. The van der Waals surface area contributed by atoms with Gasteiger partial charge in [-0.1, -0.05) is 6.07 Å². The van der Waals surface area contributed by atoms with Gasteiger partial charge in [-0.15, -0.1) is 0 Å². The second-order valence-electron chi connectivity index (χ2n) is 9.27. The highest BCUT2D eigenvalue weighted by Crippen LogP contribution is 2.65. The molecule has 2 aliphatic carbocycles. The minimum atomic E-state index is -1.32. The van der Waals surface area contributed by atoms with Crippen molar-refractivity contribution in [1.82, 2.24) is 4.90 Å². The van der Waals surface area contributed by atoms with Crippen molar-refractivity contribution < 1.29 is 43.9 Å². The zero-order valence-corrected chi connectivity index (χ0v) is 18.7. The predicted octanol–water partition coefficient (Wildman–Crippen LogP) is 0.786. The Morgan fingerprint density at radius 2 is 2.06 bits per heavy atom. The van der Waals surface area contributed by atoms with Crippen LogP contribution in [0.1, 0.15) is 30.9 Å². The second kappa shape index (κ2) is 7.57. The van der Waals surface area contributed by atoms with E-state index >= 15 is 0 Å². The number of phenols is 1. The van der Waals surface area contributed by atoms with Gasteiger partial charge in [0.05, 0.1) is 11.0 Å². The number of piperidine rings is 1. The molecular formula is C24H25NO9. The van der Waals surface area contributed by atoms with Crippen molar-refractivity contribution in [2.24, 2.45) is 0 Å². The first kappa shape index (κ1) is 22.4. The fourth-order valence-corrected chi connectivity index (χ4v) is 6.04. The summed E-state index contributed by atoms with van der Waals surface area (Å²) in [6, 6.07) is 3.25. The predicted molar refractivity (Wildman–Crippen MR) is 115 cm³/mol. The minimum Gasteiger partial charge on any atom is -0.504 e. The maximum absolute atomic E-state index is 12.7. The largest absolute Gasteiger partial charge is 0.504 e. The van der Waals surface area contributed by atoms with E-state index in [1.54, 1.807) is 12.1 Å². The number of nitrogens with zero attached hydrogens (tertiary/aromatic N) is 1. The van der Waals surface area contributed by atoms with Gasteiger partial charge in [-0.05, 0) is 51.1 Å². The summed E-state index contributed by atoms with van der Waals surface area (Å²) in [4.78, 5) is 37.1. The molecule has 180 valence electrons. The number of aliphatic carboxylic acids is 1. The van der Waals surface area contributed by atoms with Crippen molar-refractivity contribution in [3.8, 4) is 11.5 Å². The number of likely N-dealkylation sites (N-methyl/N-ethyl adjacent to an activating group) is 1. The lowest BCUT2D eigenvalue weighted by molar-refractivity contribution is -0.174. The molecule has 2 aliphatic heterocycles. The van der Waals surface area contributed by atoms with Crippen molar-refractivity contribution in [3.05, 3.63) is 47.2 Å². The van der Waals surface area contributed by atoms with Gasteiger partial charge in [0.1, 0.15) is 5.76 Å². The number of carbonyl (C=O) groups excluding carboxylic acids is 2. The number of ether oxygens (including phenoxy) is 3. The molecule has 0 aromatic heterocycles. The highest BCUT2D eigenvalue weighted by Gasteiger charge is 2.72. The number of likely N-dealkylation sites (tertiary alicyclic amines) is 1. The molecular weight excluding hydrogens is 446 g/mol. The van der Waals surface area contributed by atoms with Crippen LogP contribution in [0.3, 0.4) is 0 Å². The van der Waals surface area contributed by atoms with E-state index < -0.39 is 41.1 Å². The standard InChI is InChI=1S/C24H25NO9/c1-12(32-18(29)6-5-17(27)28)22(30)33-15-7-8-24(31)16-11-13-3-4-14(26)20-19(13)23(24,21(15)34-20)9-10-25(16)2/h3-7,12,16,21,26,31H,8-11H2,1-2H3,(H,27,28)/b6-5+/t12-,16+,21?,23?,24+/m0/s1. The Kier molecular flexibility index (Phi) is 4.99. The van der Waals surface area contributed by atoms with Crippen molar-refractivity contribution in [2.75, 3.05) is 13.6 Å². The van der Waals surface area contributed by atoms with Crippen LogP contribution in [-0.2, 0) is 35.7 Å². The quantitative estimate of drug-likeness (QED) is 0.416. The van der Waals surface area contributed by atoms with Crippen LogP contribution in [0, 0.1) is 0 Å². The van der Waals surface area contributed by atoms with E-state index in [-0.39, 0.29) is 24.0 Å². The first-order valence-electron chi connectivity index (χ1n) is 11.1. The summed E-state index contributed by atoms with van der Waals surface area (Å²) in [6.07, 6.45) is 2.13. The SMILES string of the molecule is C[C@H](OC(=O)/C=C/C(=O)O)C(=O)OC1=CC[C@@]2(O)[C@H]3Cc4ccc(O)c5c4C2(CCN3C)C1O5. The van der Waals surface area contributed by atoms with E-state index in [0.717, 1.165) is 11.1 Å². The number of carboxylic acid groups (broad SMARTS) is 1. The van der Waals surface area contributed by atoms with E-state index in [0.29, 0.717) is 37.3 Å².